The molecule has 158 valence electrons. The third-order valence-electron chi connectivity index (χ3n) is 6.69. The van der Waals surface area contributed by atoms with Gasteiger partial charge < -0.3 is 14.7 Å². The number of rotatable bonds is 5. The number of hydrogen-bond donors (Lipinski definition) is 1. The monoisotopic (exact) mass is 407 g/mol. The molecule has 1 amide bonds. The molecule has 5 nitrogen and oxygen atoms in total. The third-order valence-corrected chi connectivity index (χ3v) is 6.69. The van der Waals surface area contributed by atoms with E-state index >= 15 is 0 Å². The van der Waals surface area contributed by atoms with Crippen molar-refractivity contribution in [3.05, 3.63) is 54.1 Å². The molecule has 1 heterocycles. The molecule has 0 radical (unpaired) electrons. The van der Waals surface area contributed by atoms with E-state index in [-0.39, 0.29) is 11.9 Å². The molecule has 0 spiro atoms. The van der Waals surface area contributed by atoms with Gasteiger partial charge in [-0.3, -0.25) is 4.79 Å². The Morgan fingerprint density at radius 2 is 1.63 bits per heavy atom. The van der Waals surface area contributed by atoms with E-state index < -0.39 is 12.0 Å². The standard InChI is InChI=1S/C25H29NO4/c1-30-23-10-6-5-9-20(23)17-11-13-19(14-12-17)24(27)26-21(15-16-22(26)25(28)29)18-7-3-2-4-8-18/h5-6,9-14,18,21-22H,2-4,7-8,15-16H2,1H3,(H,28,29)/t21-,22+/m1/s1. The number of benzene rings is 2. The number of likely N-dealkylation sites (tertiary alicyclic amines) is 1. The fourth-order valence-corrected chi connectivity index (χ4v) is 5.18. The van der Waals surface area contributed by atoms with Crippen molar-refractivity contribution in [1.82, 2.24) is 4.90 Å². The number of carboxylic acids is 1. The first kappa shape index (κ1) is 20.5. The van der Waals surface area contributed by atoms with Crippen molar-refractivity contribution in [1.29, 1.82) is 0 Å². The van der Waals surface area contributed by atoms with E-state index in [1.165, 1.54) is 19.3 Å². The first-order chi connectivity index (χ1) is 14.6. The van der Waals surface area contributed by atoms with Crippen LogP contribution in [0.2, 0.25) is 0 Å². The lowest BCUT2D eigenvalue weighted by Crippen LogP contribution is -2.47. The predicted octanol–water partition coefficient (Wildman–Crippen LogP) is 5.00. The number of methoxy groups -OCH3 is 1. The summed E-state index contributed by atoms with van der Waals surface area (Å²) in [7, 11) is 1.64. The van der Waals surface area contributed by atoms with Crippen LogP contribution in [-0.2, 0) is 4.79 Å². The molecule has 2 aromatic carbocycles. The number of carboxylic acid groups (broad SMARTS) is 1. The summed E-state index contributed by atoms with van der Waals surface area (Å²) in [5.41, 5.74) is 2.47. The summed E-state index contributed by atoms with van der Waals surface area (Å²) in [6.07, 6.45) is 7.10. The van der Waals surface area contributed by atoms with E-state index in [1.54, 1.807) is 24.1 Å². The molecule has 0 aromatic heterocycles. The molecule has 1 aliphatic carbocycles. The second-order valence-corrected chi connectivity index (χ2v) is 8.39. The molecular formula is C25H29NO4. The van der Waals surface area contributed by atoms with Crippen molar-refractivity contribution < 1.29 is 19.4 Å². The number of carbonyl (C=O) groups is 2. The second kappa shape index (κ2) is 8.90. The van der Waals surface area contributed by atoms with Gasteiger partial charge in [0.1, 0.15) is 11.8 Å². The van der Waals surface area contributed by atoms with Crippen LogP contribution in [0.25, 0.3) is 11.1 Å². The molecule has 1 saturated carbocycles. The molecular weight excluding hydrogens is 378 g/mol. The van der Waals surface area contributed by atoms with Crippen LogP contribution < -0.4 is 4.74 Å². The van der Waals surface area contributed by atoms with Crippen LogP contribution in [0, 0.1) is 5.92 Å². The lowest BCUT2D eigenvalue weighted by molar-refractivity contribution is -0.142. The van der Waals surface area contributed by atoms with Gasteiger partial charge in [0.2, 0.25) is 0 Å². The van der Waals surface area contributed by atoms with Gasteiger partial charge in [-0.2, -0.15) is 0 Å². The minimum absolute atomic E-state index is 0.0350. The second-order valence-electron chi connectivity index (χ2n) is 8.39. The summed E-state index contributed by atoms with van der Waals surface area (Å²) in [6.45, 7) is 0. The largest absolute Gasteiger partial charge is 0.496 e. The van der Waals surface area contributed by atoms with Gasteiger partial charge in [-0.05, 0) is 55.4 Å². The highest BCUT2D eigenvalue weighted by Crippen LogP contribution is 2.38. The molecule has 1 saturated heterocycles. The van der Waals surface area contributed by atoms with Gasteiger partial charge in [0.25, 0.3) is 5.91 Å². The average Bonchev–Trinajstić information content (AvgIpc) is 3.25. The zero-order valence-electron chi connectivity index (χ0n) is 17.4. The van der Waals surface area contributed by atoms with Crippen LogP contribution in [-0.4, -0.2) is 41.1 Å². The van der Waals surface area contributed by atoms with Gasteiger partial charge in [0.05, 0.1) is 7.11 Å². The fraction of sp³-hybridized carbons (Fsp3) is 0.440. The summed E-state index contributed by atoms with van der Waals surface area (Å²) in [5.74, 6) is 0.133. The minimum Gasteiger partial charge on any atom is -0.496 e. The molecule has 2 fully saturated rings. The van der Waals surface area contributed by atoms with Crippen LogP contribution in [0.1, 0.15) is 55.3 Å². The molecule has 2 aliphatic rings. The van der Waals surface area contributed by atoms with E-state index in [2.05, 4.69) is 0 Å². The zero-order chi connectivity index (χ0) is 21.1. The summed E-state index contributed by atoms with van der Waals surface area (Å²) in [4.78, 5) is 27.0. The van der Waals surface area contributed by atoms with E-state index in [1.807, 2.05) is 36.4 Å². The highest BCUT2D eigenvalue weighted by molar-refractivity contribution is 5.97. The maximum Gasteiger partial charge on any atom is 0.326 e. The molecule has 0 unspecified atom stereocenters. The number of ether oxygens (including phenoxy) is 1. The van der Waals surface area contributed by atoms with E-state index in [9.17, 15) is 14.7 Å². The first-order valence-electron chi connectivity index (χ1n) is 10.9. The molecule has 2 atom stereocenters. The quantitative estimate of drug-likeness (QED) is 0.757. The Hall–Kier alpha value is -2.82. The fourth-order valence-electron chi connectivity index (χ4n) is 5.18. The molecule has 1 aliphatic heterocycles. The molecule has 2 aromatic rings. The lowest BCUT2D eigenvalue weighted by Gasteiger charge is -2.35. The van der Waals surface area contributed by atoms with Crippen LogP contribution >= 0.6 is 0 Å². The Morgan fingerprint density at radius 3 is 2.30 bits per heavy atom. The summed E-state index contributed by atoms with van der Waals surface area (Å²) in [5, 5.41) is 9.74. The zero-order valence-corrected chi connectivity index (χ0v) is 17.4. The minimum atomic E-state index is -0.896. The highest BCUT2D eigenvalue weighted by Gasteiger charge is 2.44. The summed E-state index contributed by atoms with van der Waals surface area (Å²) >= 11 is 0. The normalized spacial score (nSPS) is 22.1. The van der Waals surface area contributed by atoms with Gasteiger partial charge in [0, 0.05) is 17.2 Å². The topological polar surface area (TPSA) is 66.8 Å². The highest BCUT2D eigenvalue weighted by atomic mass is 16.5. The number of para-hydroxylation sites is 1. The van der Waals surface area contributed by atoms with E-state index in [0.29, 0.717) is 17.9 Å². The average molecular weight is 408 g/mol. The lowest BCUT2D eigenvalue weighted by atomic mass is 9.83. The summed E-state index contributed by atoms with van der Waals surface area (Å²) in [6, 6.07) is 14.5. The van der Waals surface area contributed by atoms with Crippen molar-refractivity contribution in [3.8, 4) is 16.9 Å². The Labute approximate surface area is 177 Å². The molecule has 1 N–H and O–H groups in total. The summed E-state index contributed by atoms with van der Waals surface area (Å²) < 4.78 is 5.44. The van der Waals surface area contributed by atoms with Crippen molar-refractivity contribution >= 4 is 11.9 Å². The van der Waals surface area contributed by atoms with Crippen LogP contribution in [0.5, 0.6) is 5.75 Å². The third kappa shape index (κ3) is 3.93. The van der Waals surface area contributed by atoms with Crippen LogP contribution in [0.4, 0.5) is 0 Å². The van der Waals surface area contributed by atoms with Gasteiger partial charge in [-0.25, -0.2) is 4.79 Å². The molecule has 5 heteroatoms. The van der Waals surface area contributed by atoms with Crippen molar-refractivity contribution in [2.75, 3.05) is 7.11 Å². The maximum atomic E-state index is 13.4. The number of amides is 1. The Bertz CT molecular complexity index is 902. The van der Waals surface area contributed by atoms with Gasteiger partial charge in [-0.15, -0.1) is 0 Å². The number of nitrogens with zero attached hydrogens (tertiary/aromatic N) is 1. The SMILES string of the molecule is COc1ccccc1-c1ccc(C(=O)N2[C@@H](C3CCCCC3)CC[C@H]2C(=O)O)cc1. The Morgan fingerprint density at radius 1 is 0.933 bits per heavy atom. The van der Waals surface area contributed by atoms with Crippen molar-refractivity contribution in [2.24, 2.45) is 5.92 Å². The van der Waals surface area contributed by atoms with Crippen molar-refractivity contribution in [2.45, 2.75) is 57.0 Å². The van der Waals surface area contributed by atoms with Gasteiger partial charge >= 0.3 is 5.97 Å². The van der Waals surface area contributed by atoms with E-state index in [4.69, 9.17) is 4.74 Å². The Balaban J connectivity index is 1.60. The first-order valence-corrected chi connectivity index (χ1v) is 10.9. The molecule has 4 rings (SSSR count). The predicted molar refractivity (Wildman–Crippen MR) is 116 cm³/mol. The maximum absolute atomic E-state index is 13.4. The molecule has 0 bridgehead atoms. The smallest absolute Gasteiger partial charge is 0.326 e. The van der Waals surface area contributed by atoms with E-state index in [0.717, 1.165) is 36.1 Å². The number of aliphatic carboxylic acids is 1. The van der Waals surface area contributed by atoms with Crippen LogP contribution in [0.15, 0.2) is 48.5 Å². The Kier molecular flexibility index (Phi) is 6.07. The molecule has 30 heavy (non-hydrogen) atoms. The van der Waals surface area contributed by atoms with Gasteiger partial charge in [-0.1, -0.05) is 49.6 Å². The van der Waals surface area contributed by atoms with Crippen LogP contribution in [0.3, 0.4) is 0 Å². The van der Waals surface area contributed by atoms with Gasteiger partial charge in [0.15, 0.2) is 0 Å². The van der Waals surface area contributed by atoms with Crippen molar-refractivity contribution in [3.63, 3.8) is 0 Å². The number of carbonyl (C=O) groups excluding carboxylic acids is 1. The number of hydrogen-bond acceptors (Lipinski definition) is 3.